The highest BCUT2D eigenvalue weighted by atomic mass is 32.2. The molecule has 1 heterocycles. The Kier molecular flexibility index (Phi) is 7.32. The molecule has 3 N–H and O–H groups in total. The zero-order chi connectivity index (χ0) is 23.5. The van der Waals surface area contributed by atoms with Gasteiger partial charge < -0.3 is 19.4 Å². The number of hydrogen-bond donors (Lipinski definition) is 2. The van der Waals surface area contributed by atoms with Crippen LogP contribution in [0.15, 0.2) is 46.5 Å². The van der Waals surface area contributed by atoms with E-state index in [-0.39, 0.29) is 22.6 Å². The first-order chi connectivity index (χ1) is 15.2. The fraction of sp³-hybridized carbons (Fsp3) is 0.333. The molecule has 32 heavy (non-hydrogen) atoms. The zero-order valence-electron chi connectivity index (χ0n) is 18.3. The lowest BCUT2D eigenvalue weighted by atomic mass is 10.1. The number of sulfonamides is 1. The van der Waals surface area contributed by atoms with Gasteiger partial charge in [0, 0.05) is 12.1 Å². The number of aromatic nitrogens is 2. The number of amides is 1. The number of hydrogen-bond acceptors (Lipinski definition) is 7. The van der Waals surface area contributed by atoms with Crippen LogP contribution in [-0.2, 0) is 21.4 Å². The Morgan fingerprint density at radius 1 is 1.22 bits per heavy atom. The van der Waals surface area contributed by atoms with E-state index in [1.807, 2.05) is 24.5 Å². The van der Waals surface area contributed by atoms with Crippen LogP contribution in [-0.4, -0.2) is 43.8 Å². The van der Waals surface area contributed by atoms with Crippen molar-refractivity contribution >= 4 is 38.7 Å². The van der Waals surface area contributed by atoms with Crippen LogP contribution in [0.4, 0.5) is 0 Å². The monoisotopic (exact) mass is 478 g/mol. The molecule has 0 spiro atoms. The summed E-state index contributed by atoms with van der Waals surface area (Å²) in [5, 5.41) is 8.81. The number of nitrogens with one attached hydrogen (secondary N) is 1. The lowest BCUT2D eigenvalue weighted by molar-refractivity contribution is -0.119. The van der Waals surface area contributed by atoms with Crippen molar-refractivity contribution < 1.29 is 22.7 Å². The lowest BCUT2D eigenvalue weighted by Crippen LogP contribution is -2.28. The minimum atomic E-state index is -3.82. The van der Waals surface area contributed by atoms with Crippen LogP contribution in [0.3, 0.4) is 0 Å². The van der Waals surface area contributed by atoms with Crippen LogP contribution >= 0.6 is 11.8 Å². The van der Waals surface area contributed by atoms with E-state index in [4.69, 9.17) is 14.6 Å². The highest BCUT2D eigenvalue weighted by molar-refractivity contribution is 7.99. The summed E-state index contributed by atoms with van der Waals surface area (Å²) in [6, 6.07) is 9.70. The van der Waals surface area contributed by atoms with E-state index in [1.54, 1.807) is 32.4 Å². The number of carbonyl (C=O) groups excluding carboxylic acids is 1. The second kappa shape index (κ2) is 9.80. The molecule has 9 nitrogen and oxygen atoms in total. The molecule has 1 amide bonds. The zero-order valence-corrected chi connectivity index (χ0v) is 19.9. The van der Waals surface area contributed by atoms with E-state index in [9.17, 15) is 13.2 Å². The number of imidazole rings is 1. The number of ether oxygens (including phenoxy) is 2. The summed E-state index contributed by atoms with van der Waals surface area (Å²) in [6.07, 6.45) is 0. The van der Waals surface area contributed by atoms with Gasteiger partial charge in [-0.15, -0.1) is 0 Å². The molecule has 172 valence electrons. The Hall–Kier alpha value is -2.76. The molecule has 11 heteroatoms. The average Bonchev–Trinajstić information content (AvgIpc) is 3.13. The Morgan fingerprint density at radius 2 is 1.97 bits per heavy atom. The van der Waals surface area contributed by atoms with Crippen molar-refractivity contribution in [1.82, 2.24) is 14.9 Å². The third kappa shape index (κ3) is 5.17. The van der Waals surface area contributed by atoms with Crippen LogP contribution < -0.4 is 19.9 Å². The molecule has 0 fully saturated rings. The van der Waals surface area contributed by atoms with Gasteiger partial charge in [-0.05, 0) is 50.2 Å². The average molecular weight is 479 g/mol. The smallest absolute Gasteiger partial charge is 0.238 e. The topological polar surface area (TPSA) is 126 Å². The van der Waals surface area contributed by atoms with Crippen molar-refractivity contribution in [3.05, 3.63) is 42.0 Å². The second-order valence-electron chi connectivity index (χ2n) is 7.02. The Labute approximate surface area is 191 Å². The van der Waals surface area contributed by atoms with Crippen LogP contribution in [0.1, 0.15) is 25.5 Å². The maximum absolute atomic E-state index is 12.6. The summed E-state index contributed by atoms with van der Waals surface area (Å²) in [6.45, 7) is 4.44. The first-order valence-corrected chi connectivity index (χ1v) is 12.4. The molecule has 0 aliphatic carbocycles. The number of fused-ring (bicyclic) bond motifs is 1. The first kappa shape index (κ1) is 23.9. The van der Waals surface area contributed by atoms with Gasteiger partial charge in [-0.1, -0.05) is 11.8 Å². The molecule has 0 aliphatic rings. The molecule has 1 atom stereocenters. The fourth-order valence-electron chi connectivity index (χ4n) is 3.35. The summed E-state index contributed by atoms with van der Waals surface area (Å²) < 4.78 is 35.8. The highest BCUT2D eigenvalue weighted by Crippen LogP contribution is 2.30. The van der Waals surface area contributed by atoms with Gasteiger partial charge in [0.05, 0.1) is 41.9 Å². The SMILES string of the molecule is CCn1c(SCC(=O)NC(C)c2cc(OC)ccc2OC)nc2cc(S(N)(=O)=O)ccc21. The Bertz CT molecular complexity index is 1240. The molecular weight excluding hydrogens is 452 g/mol. The number of thioether (sulfide) groups is 1. The van der Waals surface area contributed by atoms with Crippen molar-refractivity contribution in [1.29, 1.82) is 0 Å². The number of primary sulfonamides is 1. The molecule has 0 aliphatic heterocycles. The van der Waals surface area contributed by atoms with Gasteiger partial charge in [-0.2, -0.15) is 0 Å². The number of methoxy groups -OCH3 is 2. The van der Waals surface area contributed by atoms with Gasteiger partial charge in [0.15, 0.2) is 5.16 Å². The molecule has 1 unspecified atom stereocenters. The van der Waals surface area contributed by atoms with Crippen LogP contribution in [0.5, 0.6) is 11.5 Å². The number of carbonyl (C=O) groups is 1. The number of benzene rings is 2. The Morgan fingerprint density at radius 3 is 2.59 bits per heavy atom. The standard InChI is InChI=1S/C21H26N4O5S2/c1-5-25-18-8-7-15(32(22,27)28)11-17(18)24-21(25)31-12-20(26)23-13(2)16-10-14(29-3)6-9-19(16)30-4/h6-11,13H,5,12H2,1-4H3,(H,23,26)(H2,22,27,28). The van der Waals surface area contributed by atoms with Gasteiger partial charge >= 0.3 is 0 Å². The van der Waals surface area contributed by atoms with Crippen molar-refractivity contribution in [3.63, 3.8) is 0 Å². The normalized spacial score (nSPS) is 12.5. The van der Waals surface area contributed by atoms with E-state index in [0.717, 1.165) is 11.1 Å². The molecule has 0 bridgehead atoms. The van der Waals surface area contributed by atoms with Gasteiger partial charge in [0.2, 0.25) is 15.9 Å². The lowest BCUT2D eigenvalue weighted by Gasteiger charge is -2.18. The third-order valence-corrected chi connectivity index (χ3v) is 6.83. The third-order valence-electron chi connectivity index (χ3n) is 4.94. The molecule has 0 saturated carbocycles. The molecule has 3 rings (SSSR count). The molecule has 0 radical (unpaired) electrons. The van der Waals surface area contributed by atoms with Crippen LogP contribution in [0.2, 0.25) is 0 Å². The predicted octanol–water partition coefficient (Wildman–Crippen LogP) is 2.69. The molecule has 3 aromatic rings. The summed E-state index contributed by atoms with van der Waals surface area (Å²) in [4.78, 5) is 17.1. The van der Waals surface area contributed by atoms with E-state index in [1.165, 1.54) is 23.9 Å². The number of nitrogens with zero attached hydrogens (tertiary/aromatic N) is 2. The van der Waals surface area contributed by atoms with Crippen LogP contribution in [0, 0.1) is 0 Å². The van der Waals surface area contributed by atoms with Gasteiger partial charge in [-0.25, -0.2) is 18.5 Å². The van der Waals surface area contributed by atoms with Crippen LogP contribution in [0.25, 0.3) is 11.0 Å². The number of aryl methyl sites for hydroxylation is 1. The fourth-order valence-corrected chi connectivity index (χ4v) is 4.77. The van der Waals surface area contributed by atoms with Crippen molar-refractivity contribution in [3.8, 4) is 11.5 Å². The van der Waals surface area contributed by atoms with E-state index in [2.05, 4.69) is 10.3 Å². The summed E-state index contributed by atoms with van der Waals surface area (Å²) in [5.74, 6) is 1.30. The minimum absolute atomic E-state index is 0.00103. The van der Waals surface area contributed by atoms with E-state index < -0.39 is 10.0 Å². The van der Waals surface area contributed by atoms with Crippen molar-refractivity contribution in [2.75, 3.05) is 20.0 Å². The molecule has 0 saturated heterocycles. The van der Waals surface area contributed by atoms with Crippen molar-refractivity contribution in [2.24, 2.45) is 5.14 Å². The van der Waals surface area contributed by atoms with Crippen molar-refractivity contribution in [2.45, 2.75) is 36.5 Å². The second-order valence-corrected chi connectivity index (χ2v) is 9.52. The molecular formula is C21H26N4O5S2. The first-order valence-electron chi connectivity index (χ1n) is 9.85. The quantitative estimate of drug-likeness (QED) is 0.453. The Balaban J connectivity index is 1.74. The summed E-state index contributed by atoms with van der Waals surface area (Å²) in [7, 11) is -0.664. The maximum Gasteiger partial charge on any atom is 0.238 e. The van der Waals surface area contributed by atoms with Gasteiger partial charge in [0.25, 0.3) is 0 Å². The molecule has 2 aromatic carbocycles. The van der Waals surface area contributed by atoms with E-state index in [0.29, 0.717) is 28.7 Å². The highest BCUT2D eigenvalue weighted by Gasteiger charge is 2.18. The number of rotatable bonds is 9. The predicted molar refractivity (Wildman–Crippen MR) is 124 cm³/mol. The van der Waals surface area contributed by atoms with Gasteiger partial charge in [-0.3, -0.25) is 4.79 Å². The van der Waals surface area contributed by atoms with Gasteiger partial charge in [0.1, 0.15) is 11.5 Å². The minimum Gasteiger partial charge on any atom is -0.497 e. The summed E-state index contributed by atoms with van der Waals surface area (Å²) in [5.41, 5.74) is 2.09. The largest absolute Gasteiger partial charge is 0.497 e. The number of nitrogens with two attached hydrogens (primary N) is 1. The molecule has 1 aromatic heterocycles. The summed E-state index contributed by atoms with van der Waals surface area (Å²) >= 11 is 1.28. The van der Waals surface area contributed by atoms with E-state index >= 15 is 0 Å². The maximum atomic E-state index is 12.6.